The number of aliphatic imine (C=N–C) groups is 1. The van der Waals surface area contributed by atoms with Gasteiger partial charge in [-0.05, 0) is 40.0 Å². The van der Waals surface area contributed by atoms with Crippen molar-refractivity contribution in [2.45, 2.75) is 70.9 Å². The van der Waals surface area contributed by atoms with Gasteiger partial charge >= 0.3 is 12.1 Å². The molecule has 0 bridgehead atoms. The molecule has 0 saturated carbocycles. The molecule has 1 rings (SSSR count). The van der Waals surface area contributed by atoms with Crippen LogP contribution in [0.3, 0.4) is 0 Å². The summed E-state index contributed by atoms with van der Waals surface area (Å²) in [4.78, 5) is 29.4. The normalized spacial score (nSPS) is 17.0. The third-order valence-electron chi connectivity index (χ3n) is 4.24. The van der Waals surface area contributed by atoms with Crippen LogP contribution in [0.5, 0.6) is 0 Å². The maximum atomic E-state index is 11.9. The van der Waals surface area contributed by atoms with E-state index in [0.717, 1.165) is 57.7 Å². The first kappa shape index (κ1) is 26.7. The molecule has 0 aromatic carbocycles. The highest BCUT2D eigenvalue weighted by atomic mass is 127. The Balaban J connectivity index is 0.00000729. The molecule has 0 aromatic heterocycles. The maximum Gasteiger partial charge on any atom is 0.407 e. The molecule has 1 aliphatic heterocycles. The number of nitrogens with one attached hydrogen (secondary N) is 2. The second-order valence-corrected chi connectivity index (χ2v) is 7.79. The molecular weight excluding hydrogens is 475 g/mol. The molecule has 0 aromatic rings. The lowest BCUT2D eigenvalue weighted by Crippen LogP contribution is -2.44. The number of ether oxygens (including phenoxy) is 2. The molecule has 1 amide bonds. The van der Waals surface area contributed by atoms with Crippen LogP contribution in [-0.4, -0.2) is 68.4 Å². The minimum absolute atomic E-state index is 0. The molecule has 1 fully saturated rings. The average molecular weight is 512 g/mol. The summed E-state index contributed by atoms with van der Waals surface area (Å²) < 4.78 is 9.94. The number of alkyl carbamates (subject to hydrolysis) is 1. The first-order valence-corrected chi connectivity index (χ1v) is 9.77. The van der Waals surface area contributed by atoms with Crippen molar-refractivity contribution < 1.29 is 19.1 Å². The second-order valence-electron chi connectivity index (χ2n) is 7.79. The molecule has 1 aliphatic rings. The Kier molecular flexibility index (Phi) is 13.2. The number of guanidine groups is 1. The second kappa shape index (κ2) is 13.8. The summed E-state index contributed by atoms with van der Waals surface area (Å²) in [5.41, 5.74) is -0.489. The number of unbranched alkanes of at least 4 members (excludes halogenated alkanes) is 3. The Morgan fingerprint density at radius 3 is 2.46 bits per heavy atom. The molecule has 1 saturated heterocycles. The zero-order valence-electron chi connectivity index (χ0n) is 17.9. The Labute approximate surface area is 186 Å². The fraction of sp³-hybridized carbons (Fsp3) is 0.842. The SMILES string of the molecule is CN=C(NCCCCCCC(=O)OC)N1CCC(NC(=O)OC(C)(C)C)C1.I. The Bertz CT molecular complexity index is 509. The van der Waals surface area contributed by atoms with Crippen molar-refractivity contribution in [3.05, 3.63) is 0 Å². The fourth-order valence-corrected chi connectivity index (χ4v) is 2.93. The van der Waals surface area contributed by atoms with Crippen LogP contribution in [-0.2, 0) is 14.3 Å². The molecule has 0 radical (unpaired) electrons. The zero-order valence-corrected chi connectivity index (χ0v) is 20.2. The number of halogens is 1. The molecule has 9 heteroatoms. The van der Waals surface area contributed by atoms with Crippen LogP contribution >= 0.6 is 24.0 Å². The van der Waals surface area contributed by atoms with Gasteiger partial charge < -0.3 is 25.0 Å². The van der Waals surface area contributed by atoms with E-state index in [1.165, 1.54) is 7.11 Å². The zero-order chi connectivity index (χ0) is 20.3. The van der Waals surface area contributed by atoms with Crippen LogP contribution in [0, 0.1) is 0 Å². The number of nitrogens with zero attached hydrogens (tertiary/aromatic N) is 2. The van der Waals surface area contributed by atoms with E-state index in [0.29, 0.717) is 6.42 Å². The van der Waals surface area contributed by atoms with Gasteiger partial charge in [0.2, 0.25) is 0 Å². The summed E-state index contributed by atoms with van der Waals surface area (Å²) in [5.74, 6) is 0.718. The van der Waals surface area contributed by atoms with Crippen LogP contribution in [0.4, 0.5) is 4.79 Å². The molecule has 1 atom stereocenters. The van der Waals surface area contributed by atoms with Gasteiger partial charge in [-0.15, -0.1) is 24.0 Å². The monoisotopic (exact) mass is 512 g/mol. The minimum atomic E-state index is -0.489. The van der Waals surface area contributed by atoms with E-state index in [2.05, 4.69) is 25.3 Å². The van der Waals surface area contributed by atoms with Crippen molar-refractivity contribution in [2.75, 3.05) is 33.8 Å². The van der Waals surface area contributed by atoms with Gasteiger partial charge in [0.1, 0.15) is 5.60 Å². The molecule has 0 spiro atoms. The topological polar surface area (TPSA) is 92.3 Å². The van der Waals surface area contributed by atoms with Crippen LogP contribution in [0.25, 0.3) is 0 Å². The van der Waals surface area contributed by atoms with Crippen LogP contribution < -0.4 is 10.6 Å². The van der Waals surface area contributed by atoms with E-state index in [1.54, 1.807) is 7.05 Å². The van der Waals surface area contributed by atoms with Crippen LogP contribution in [0.1, 0.15) is 59.3 Å². The summed E-state index contributed by atoms with van der Waals surface area (Å²) in [6.07, 6.45) is 4.95. The van der Waals surface area contributed by atoms with E-state index in [-0.39, 0.29) is 42.1 Å². The quantitative estimate of drug-likeness (QED) is 0.171. The molecule has 1 heterocycles. The van der Waals surface area contributed by atoms with Gasteiger partial charge in [0.15, 0.2) is 5.96 Å². The van der Waals surface area contributed by atoms with E-state index in [4.69, 9.17) is 4.74 Å². The first-order valence-electron chi connectivity index (χ1n) is 9.77. The van der Waals surface area contributed by atoms with E-state index < -0.39 is 5.60 Å². The van der Waals surface area contributed by atoms with E-state index >= 15 is 0 Å². The number of methoxy groups -OCH3 is 1. The van der Waals surface area contributed by atoms with Gasteiger partial charge in [0.05, 0.1) is 13.2 Å². The van der Waals surface area contributed by atoms with Gasteiger partial charge in [0, 0.05) is 33.1 Å². The minimum Gasteiger partial charge on any atom is -0.469 e. The van der Waals surface area contributed by atoms with Gasteiger partial charge in [0.25, 0.3) is 0 Å². The lowest BCUT2D eigenvalue weighted by molar-refractivity contribution is -0.140. The molecule has 164 valence electrons. The third-order valence-corrected chi connectivity index (χ3v) is 4.24. The first-order chi connectivity index (χ1) is 12.7. The van der Waals surface area contributed by atoms with Crippen LogP contribution in [0.15, 0.2) is 4.99 Å². The molecule has 8 nitrogen and oxygen atoms in total. The van der Waals surface area contributed by atoms with Crippen molar-refractivity contribution in [1.29, 1.82) is 0 Å². The van der Waals surface area contributed by atoms with Crippen molar-refractivity contribution in [3.63, 3.8) is 0 Å². The summed E-state index contributed by atoms with van der Waals surface area (Å²) in [6, 6.07) is 0.0664. The smallest absolute Gasteiger partial charge is 0.407 e. The van der Waals surface area contributed by atoms with Crippen molar-refractivity contribution in [2.24, 2.45) is 4.99 Å². The van der Waals surface area contributed by atoms with Gasteiger partial charge in [-0.1, -0.05) is 12.8 Å². The van der Waals surface area contributed by atoms with E-state index in [1.807, 2.05) is 20.8 Å². The van der Waals surface area contributed by atoms with Crippen molar-refractivity contribution in [3.8, 4) is 0 Å². The number of esters is 1. The van der Waals surface area contributed by atoms with Crippen molar-refractivity contribution in [1.82, 2.24) is 15.5 Å². The Morgan fingerprint density at radius 1 is 1.18 bits per heavy atom. The number of carbonyl (C=O) groups is 2. The largest absolute Gasteiger partial charge is 0.469 e. The lowest BCUT2D eigenvalue weighted by Gasteiger charge is -2.23. The van der Waals surface area contributed by atoms with Gasteiger partial charge in [-0.2, -0.15) is 0 Å². The highest BCUT2D eigenvalue weighted by molar-refractivity contribution is 14.0. The predicted molar refractivity (Wildman–Crippen MR) is 121 cm³/mol. The fourth-order valence-electron chi connectivity index (χ4n) is 2.93. The summed E-state index contributed by atoms with van der Waals surface area (Å²) in [5, 5.41) is 6.30. The van der Waals surface area contributed by atoms with Crippen molar-refractivity contribution >= 4 is 42.0 Å². The Hall–Kier alpha value is -1.26. The Morgan fingerprint density at radius 2 is 1.86 bits per heavy atom. The summed E-state index contributed by atoms with van der Waals surface area (Å²) in [7, 11) is 3.19. The molecule has 1 unspecified atom stereocenters. The molecule has 2 N–H and O–H groups in total. The molecular formula is C19H37IN4O4. The number of likely N-dealkylation sites (tertiary alicyclic amines) is 1. The predicted octanol–water partition coefficient (Wildman–Crippen LogP) is 2.90. The molecule has 28 heavy (non-hydrogen) atoms. The maximum absolute atomic E-state index is 11.9. The molecule has 0 aliphatic carbocycles. The number of carbonyl (C=O) groups excluding carboxylic acids is 2. The van der Waals surface area contributed by atoms with Gasteiger partial charge in [-0.25, -0.2) is 4.79 Å². The van der Waals surface area contributed by atoms with Gasteiger partial charge in [-0.3, -0.25) is 9.79 Å². The standard InChI is InChI=1S/C19H36N4O4.HI/c1-19(2,3)27-18(25)22-15-11-13-23(14-15)17(20-4)21-12-9-7-6-8-10-16(24)26-5;/h15H,6-14H2,1-5H3,(H,20,21)(H,22,25);1H. The van der Waals surface area contributed by atoms with Crippen LogP contribution in [0.2, 0.25) is 0 Å². The summed E-state index contributed by atoms with van der Waals surface area (Å²) >= 11 is 0. The number of hydrogen-bond acceptors (Lipinski definition) is 5. The number of rotatable bonds is 8. The number of hydrogen-bond donors (Lipinski definition) is 2. The highest BCUT2D eigenvalue weighted by Crippen LogP contribution is 2.12. The van der Waals surface area contributed by atoms with E-state index in [9.17, 15) is 9.59 Å². The summed E-state index contributed by atoms with van der Waals surface area (Å²) in [6.45, 7) is 7.97. The highest BCUT2D eigenvalue weighted by Gasteiger charge is 2.27. The number of amides is 1. The third kappa shape index (κ3) is 11.6. The average Bonchev–Trinajstić information content (AvgIpc) is 3.03. The lowest BCUT2D eigenvalue weighted by atomic mass is 10.1.